The van der Waals surface area contributed by atoms with E-state index in [-0.39, 0.29) is 16.4 Å². The Morgan fingerprint density at radius 1 is 1.06 bits per heavy atom. The Labute approximate surface area is 219 Å². The number of amides is 1. The fourth-order valence-corrected chi connectivity index (χ4v) is 4.06. The van der Waals surface area contributed by atoms with Crippen LogP contribution in [-0.4, -0.2) is 30.3 Å². The number of anilines is 1. The van der Waals surface area contributed by atoms with Gasteiger partial charge in [0, 0.05) is 11.5 Å². The van der Waals surface area contributed by atoms with Crippen LogP contribution in [0.4, 0.5) is 5.69 Å². The van der Waals surface area contributed by atoms with Gasteiger partial charge in [-0.15, -0.1) is 0 Å². The number of thiocarbonyl (C=S) groups is 1. The van der Waals surface area contributed by atoms with E-state index in [0.717, 1.165) is 0 Å². The molecule has 2 aromatic carbocycles. The minimum absolute atomic E-state index is 0.00948. The second-order valence-electron chi connectivity index (χ2n) is 6.96. The van der Waals surface area contributed by atoms with Gasteiger partial charge >= 0.3 is 0 Å². The van der Waals surface area contributed by atoms with Crippen LogP contribution in [0.3, 0.4) is 0 Å². The third-order valence-electron chi connectivity index (χ3n) is 4.79. The Hall–Kier alpha value is -2.04. The molecule has 0 bridgehead atoms. The van der Waals surface area contributed by atoms with Crippen LogP contribution in [0.1, 0.15) is 16.1 Å². The summed E-state index contributed by atoms with van der Waals surface area (Å²) in [5, 5.41) is 8.24. The molecule has 0 fully saturated rings. The Morgan fingerprint density at radius 2 is 1.67 bits per heavy atom. The second kappa shape index (κ2) is 10.5. The number of carbonyl (C=O) groups is 1. The Morgan fingerprint density at radius 3 is 2.27 bits per heavy atom. The predicted octanol–water partition coefficient (Wildman–Crippen LogP) is 4.66. The maximum absolute atomic E-state index is 13.1. The normalized spacial score (nSPS) is 12.2. The molecule has 33 heavy (non-hydrogen) atoms. The van der Waals surface area contributed by atoms with E-state index in [1.165, 1.54) is 4.68 Å². The number of carbonyl (C=O) groups excluding carboxylic acids is 1. The van der Waals surface area contributed by atoms with Crippen molar-refractivity contribution in [3.63, 3.8) is 0 Å². The predicted molar refractivity (Wildman–Crippen MR) is 141 cm³/mol. The van der Waals surface area contributed by atoms with Crippen LogP contribution in [-0.2, 0) is 7.05 Å². The van der Waals surface area contributed by atoms with Gasteiger partial charge in [-0.25, -0.2) is 4.68 Å². The molecule has 7 nitrogen and oxygen atoms in total. The van der Waals surface area contributed by atoms with Crippen LogP contribution >= 0.6 is 63.0 Å². The lowest BCUT2D eigenvalue weighted by atomic mass is 10.2. The largest absolute Gasteiger partial charge is 0.339 e. The van der Waals surface area contributed by atoms with E-state index >= 15 is 0 Å². The van der Waals surface area contributed by atoms with Crippen molar-refractivity contribution in [2.45, 2.75) is 16.9 Å². The van der Waals surface area contributed by atoms with Gasteiger partial charge in [0.25, 0.3) is 11.5 Å². The maximum Gasteiger partial charge on any atom is 0.295 e. The number of rotatable bonds is 5. The molecular formula is C21H19BrCl3N5O2S. The first-order chi connectivity index (χ1) is 15.5. The molecular weight excluding hydrogens is 573 g/mol. The lowest BCUT2D eigenvalue weighted by molar-refractivity contribution is 0.0933. The molecule has 0 aliphatic rings. The van der Waals surface area contributed by atoms with Gasteiger partial charge in [-0.3, -0.25) is 14.3 Å². The van der Waals surface area contributed by atoms with Crippen molar-refractivity contribution in [1.82, 2.24) is 20.0 Å². The van der Waals surface area contributed by atoms with Crippen molar-refractivity contribution in [2.24, 2.45) is 7.05 Å². The number of aromatic nitrogens is 2. The van der Waals surface area contributed by atoms with Gasteiger partial charge in [0.15, 0.2) is 5.11 Å². The number of alkyl halides is 3. The van der Waals surface area contributed by atoms with Gasteiger partial charge in [0.2, 0.25) is 3.79 Å². The lowest BCUT2D eigenvalue weighted by Gasteiger charge is -2.27. The van der Waals surface area contributed by atoms with Gasteiger partial charge in [-0.2, -0.15) is 0 Å². The molecule has 1 amide bonds. The summed E-state index contributed by atoms with van der Waals surface area (Å²) in [6, 6.07) is 16.0. The Balaban J connectivity index is 1.81. The van der Waals surface area contributed by atoms with Gasteiger partial charge in [0.05, 0.1) is 16.9 Å². The molecule has 174 valence electrons. The summed E-state index contributed by atoms with van der Waals surface area (Å²) in [7, 11) is 1.76. The smallest absolute Gasteiger partial charge is 0.295 e. The Kier molecular flexibility index (Phi) is 8.13. The van der Waals surface area contributed by atoms with E-state index < -0.39 is 15.9 Å². The van der Waals surface area contributed by atoms with Crippen molar-refractivity contribution < 1.29 is 4.79 Å². The average molecular weight is 592 g/mol. The van der Waals surface area contributed by atoms with Crippen LogP contribution in [0.25, 0.3) is 5.69 Å². The number of benzene rings is 2. The standard InChI is InChI=1S/C21H19BrCl3N5O2S/c1-12-16(18(32)30(29(12)2)13-8-4-3-5-9-13)26-20(33)28-19(21(23,24)25)27-17(31)14-10-6-7-11-15(14)22/h3-11,19H,1-2H3,(H,27,31)(H2,26,28,33). The van der Waals surface area contributed by atoms with E-state index in [2.05, 4.69) is 31.9 Å². The molecule has 1 atom stereocenters. The number of nitrogens with zero attached hydrogens (tertiary/aromatic N) is 2. The highest BCUT2D eigenvalue weighted by molar-refractivity contribution is 9.10. The highest BCUT2D eigenvalue weighted by Gasteiger charge is 2.35. The maximum atomic E-state index is 13.1. The van der Waals surface area contributed by atoms with Crippen molar-refractivity contribution in [3.05, 3.63) is 80.7 Å². The molecule has 12 heteroatoms. The van der Waals surface area contributed by atoms with E-state index in [1.54, 1.807) is 42.9 Å². The quantitative estimate of drug-likeness (QED) is 0.229. The topological polar surface area (TPSA) is 80.1 Å². The molecule has 3 N–H and O–H groups in total. The van der Waals surface area contributed by atoms with E-state index in [4.69, 9.17) is 47.0 Å². The molecule has 1 heterocycles. The van der Waals surface area contributed by atoms with Gasteiger partial charge in [0.1, 0.15) is 11.9 Å². The average Bonchev–Trinajstić information content (AvgIpc) is 2.96. The van der Waals surface area contributed by atoms with E-state index in [9.17, 15) is 9.59 Å². The molecule has 0 saturated carbocycles. The highest BCUT2D eigenvalue weighted by atomic mass is 79.9. The monoisotopic (exact) mass is 589 g/mol. The van der Waals surface area contributed by atoms with Crippen LogP contribution < -0.4 is 21.5 Å². The molecule has 0 radical (unpaired) electrons. The summed E-state index contributed by atoms with van der Waals surface area (Å²) in [4.78, 5) is 25.8. The van der Waals surface area contributed by atoms with Gasteiger partial charge < -0.3 is 16.0 Å². The van der Waals surface area contributed by atoms with E-state index in [1.807, 2.05) is 30.3 Å². The summed E-state index contributed by atoms with van der Waals surface area (Å²) in [6.07, 6.45) is -1.19. The van der Waals surface area contributed by atoms with Crippen LogP contribution in [0, 0.1) is 6.92 Å². The van der Waals surface area contributed by atoms with Crippen molar-refractivity contribution in [3.8, 4) is 5.69 Å². The molecule has 0 saturated heterocycles. The first-order valence-electron chi connectivity index (χ1n) is 9.54. The number of nitrogens with one attached hydrogen (secondary N) is 3. The number of halogens is 4. The zero-order valence-electron chi connectivity index (χ0n) is 17.4. The highest BCUT2D eigenvalue weighted by Crippen LogP contribution is 2.29. The molecule has 3 aromatic rings. The van der Waals surface area contributed by atoms with Gasteiger partial charge in [-0.05, 0) is 59.3 Å². The summed E-state index contributed by atoms with van der Waals surface area (Å²) in [6.45, 7) is 1.77. The summed E-state index contributed by atoms with van der Waals surface area (Å²) < 4.78 is 1.83. The first-order valence-corrected chi connectivity index (χ1v) is 11.9. The lowest BCUT2D eigenvalue weighted by Crippen LogP contribution is -2.56. The molecule has 0 spiro atoms. The van der Waals surface area contributed by atoms with Crippen molar-refractivity contribution in [2.75, 3.05) is 5.32 Å². The zero-order valence-corrected chi connectivity index (χ0v) is 22.1. The minimum Gasteiger partial charge on any atom is -0.339 e. The first kappa shape index (κ1) is 25.6. The minimum atomic E-state index is -1.95. The Bertz CT molecular complexity index is 1240. The number of hydrogen-bond donors (Lipinski definition) is 3. The third kappa shape index (κ3) is 5.91. The van der Waals surface area contributed by atoms with Crippen LogP contribution in [0.2, 0.25) is 0 Å². The molecule has 1 aromatic heterocycles. The van der Waals surface area contributed by atoms with Gasteiger partial charge in [-0.1, -0.05) is 65.1 Å². The van der Waals surface area contributed by atoms with Crippen LogP contribution in [0.15, 0.2) is 63.9 Å². The fraction of sp³-hybridized carbons (Fsp3) is 0.190. The molecule has 3 rings (SSSR count). The number of hydrogen-bond acceptors (Lipinski definition) is 3. The summed E-state index contributed by atoms with van der Waals surface area (Å²) in [5.41, 5.74) is 1.62. The van der Waals surface area contributed by atoms with Crippen molar-refractivity contribution in [1.29, 1.82) is 0 Å². The van der Waals surface area contributed by atoms with E-state index in [0.29, 0.717) is 21.4 Å². The SMILES string of the molecule is Cc1c(NC(=S)NC(NC(=O)c2ccccc2Br)C(Cl)(Cl)Cl)c(=O)n(-c2ccccc2)n1C. The molecule has 0 aliphatic heterocycles. The van der Waals surface area contributed by atoms with Crippen LogP contribution in [0.5, 0.6) is 0 Å². The summed E-state index contributed by atoms with van der Waals surface area (Å²) in [5.74, 6) is -0.489. The fourth-order valence-electron chi connectivity index (χ4n) is 3.05. The molecule has 0 aliphatic carbocycles. The zero-order chi connectivity index (χ0) is 24.3. The van der Waals surface area contributed by atoms with Crippen molar-refractivity contribution >= 4 is 79.7 Å². The molecule has 1 unspecified atom stereocenters. The number of para-hydroxylation sites is 1. The summed E-state index contributed by atoms with van der Waals surface area (Å²) >= 11 is 26.9. The second-order valence-corrected chi connectivity index (χ2v) is 10.6. The third-order valence-corrected chi connectivity index (χ3v) is 6.36.